The van der Waals surface area contributed by atoms with Crippen LogP contribution in [0.5, 0.6) is 17.2 Å². The lowest BCUT2D eigenvalue weighted by atomic mass is 10.0. The average molecular weight is 565 g/mol. The summed E-state index contributed by atoms with van der Waals surface area (Å²) < 4.78 is 10.9. The number of rotatable bonds is 15. The second-order valence-electron chi connectivity index (χ2n) is 9.50. The second-order valence-corrected chi connectivity index (χ2v) is 9.50. The largest absolute Gasteiger partial charge is 0.508 e. The van der Waals surface area contributed by atoms with Crippen molar-refractivity contribution in [3.63, 3.8) is 0 Å². The Kier molecular flexibility index (Phi) is 11.5. The smallest absolute Gasteiger partial charge is 0.269 e. The lowest BCUT2D eigenvalue weighted by Gasteiger charge is -2.23. The van der Waals surface area contributed by atoms with E-state index in [-0.39, 0.29) is 30.3 Å². The molecule has 218 valence electrons. The first-order chi connectivity index (χ1) is 19.7. The number of hydrogen-bond acceptors (Lipinski definition) is 8. The number of phenols is 1. The van der Waals surface area contributed by atoms with Crippen LogP contribution < -0.4 is 25.4 Å². The molecule has 0 bridgehead atoms. The number of carbonyl (C=O) groups excluding carboxylic acids is 2. The molecule has 4 N–H and O–H groups in total. The van der Waals surface area contributed by atoms with Crippen molar-refractivity contribution >= 4 is 17.5 Å². The summed E-state index contributed by atoms with van der Waals surface area (Å²) in [5, 5.41) is 29.8. The molecule has 11 nitrogen and oxygen atoms in total. The van der Waals surface area contributed by atoms with Gasteiger partial charge in [0.15, 0.2) is 0 Å². The van der Waals surface area contributed by atoms with Crippen molar-refractivity contribution in [3.8, 4) is 17.2 Å². The average Bonchev–Trinajstić information content (AvgIpc) is 2.98. The summed E-state index contributed by atoms with van der Waals surface area (Å²) in [7, 11) is 2.89. The first kappa shape index (κ1) is 30.9. The highest BCUT2D eigenvalue weighted by Crippen LogP contribution is 2.34. The molecule has 41 heavy (non-hydrogen) atoms. The highest BCUT2D eigenvalue weighted by Gasteiger charge is 2.26. The van der Waals surface area contributed by atoms with Crippen molar-refractivity contribution in [3.05, 3.63) is 93.5 Å². The second kappa shape index (κ2) is 15.2. The van der Waals surface area contributed by atoms with Gasteiger partial charge in [-0.15, -0.1) is 0 Å². The standard InChI is InChI=1S/C30H36N4O7/c1-20(29(36)31-15-7-10-21-8-5-4-6-9-21)33-30(37)26(32-19-22-11-13-23(14-12-22)34(38)39)18-25-27(40-2)16-24(35)17-28(25)41-3/h4-6,8-9,11-14,16-17,20,26,32,35H,7,10,15,18-19H2,1-3H3,(H,31,36)(H,33,37)/t20-,26+/m1/s1. The van der Waals surface area contributed by atoms with Gasteiger partial charge in [0, 0.05) is 49.3 Å². The van der Waals surface area contributed by atoms with E-state index in [0.717, 1.165) is 18.4 Å². The molecule has 2 atom stereocenters. The fourth-order valence-corrected chi connectivity index (χ4v) is 4.29. The Hall–Kier alpha value is -4.64. The predicted octanol–water partition coefficient (Wildman–Crippen LogP) is 3.27. The summed E-state index contributed by atoms with van der Waals surface area (Å²) >= 11 is 0. The molecule has 0 fully saturated rings. The lowest BCUT2D eigenvalue weighted by molar-refractivity contribution is -0.384. The molecule has 0 heterocycles. The van der Waals surface area contributed by atoms with Gasteiger partial charge in [0.1, 0.15) is 23.3 Å². The maximum Gasteiger partial charge on any atom is 0.269 e. The summed E-state index contributed by atoms with van der Waals surface area (Å²) in [6.07, 6.45) is 1.69. The number of benzene rings is 3. The molecule has 0 aliphatic heterocycles. The molecule has 0 spiro atoms. The van der Waals surface area contributed by atoms with Crippen LogP contribution in [0.1, 0.15) is 30.0 Å². The minimum absolute atomic E-state index is 0.0368. The molecule has 0 aromatic heterocycles. The van der Waals surface area contributed by atoms with E-state index in [1.165, 1.54) is 44.0 Å². The molecular formula is C30H36N4O7. The number of ether oxygens (including phenoxy) is 2. The summed E-state index contributed by atoms with van der Waals surface area (Å²) in [6, 6.07) is 17.2. The van der Waals surface area contributed by atoms with Crippen LogP contribution in [0, 0.1) is 10.1 Å². The Morgan fingerprint density at radius 1 is 0.951 bits per heavy atom. The van der Waals surface area contributed by atoms with Crippen LogP contribution in [0.25, 0.3) is 0 Å². The van der Waals surface area contributed by atoms with Gasteiger partial charge >= 0.3 is 0 Å². The number of carbonyl (C=O) groups is 2. The van der Waals surface area contributed by atoms with Gasteiger partial charge in [-0.3, -0.25) is 19.7 Å². The van der Waals surface area contributed by atoms with E-state index < -0.39 is 22.9 Å². The van der Waals surface area contributed by atoms with Crippen LogP contribution in [-0.4, -0.2) is 54.7 Å². The summed E-state index contributed by atoms with van der Waals surface area (Å²) in [5.41, 5.74) is 2.42. The van der Waals surface area contributed by atoms with E-state index in [1.807, 2.05) is 30.3 Å². The number of non-ortho nitro benzene ring substituents is 1. The zero-order valence-corrected chi connectivity index (χ0v) is 23.4. The van der Waals surface area contributed by atoms with Crippen LogP contribution in [0.3, 0.4) is 0 Å². The fraction of sp³-hybridized carbons (Fsp3) is 0.333. The third kappa shape index (κ3) is 9.21. The maximum atomic E-state index is 13.4. The molecule has 0 aliphatic carbocycles. The minimum Gasteiger partial charge on any atom is -0.508 e. The van der Waals surface area contributed by atoms with E-state index in [2.05, 4.69) is 16.0 Å². The van der Waals surface area contributed by atoms with Gasteiger partial charge in [0.2, 0.25) is 11.8 Å². The van der Waals surface area contributed by atoms with Crippen molar-refractivity contribution in [1.29, 1.82) is 0 Å². The number of hydrogen-bond donors (Lipinski definition) is 4. The highest BCUT2D eigenvalue weighted by atomic mass is 16.6. The van der Waals surface area contributed by atoms with E-state index in [4.69, 9.17) is 9.47 Å². The Morgan fingerprint density at radius 3 is 2.17 bits per heavy atom. The monoisotopic (exact) mass is 564 g/mol. The van der Waals surface area contributed by atoms with Crippen molar-refractivity contribution in [2.75, 3.05) is 20.8 Å². The van der Waals surface area contributed by atoms with Crippen LogP contribution in [-0.2, 0) is 29.0 Å². The van der Waals surface area contributed by atoms with Gasteiger partial charge in [-0.2, -0.15) is 0 Å². The molecular weight excluding hydrogens is 528 g/mol. The quantitative estimate of drug-likeness (QED) is 0.125. The Bertz CT molecular complexity index is 1290. The number of aryl methyl sites for hydroxylation is 1. The molecule has 0 radical (unpaired) electrons. The Balaban J connectivity index is 1.69. The minimum atomic E-state index is -0.842. The van der Waals surface area contributed by atoms with Crippen molar-refractivity contribution in [2.45, 2.75) is 44.8 Å². The zero-order chi connectivity index (χ0) is 29.8. The molecule has 2 amide bonds. The maximum absolute atomic E-state index is 13.4. The molecule has 3 aromatic carbocycles. The third-order valence-corrected chi connectivity index (χ3v) is 6.55. The van der Waals surface area contributed by atoms with Gasteiger partial charge in [-0.25, -0.2) is 0 Å². The molecule has 0 saturated heterocycles. The lowest BCUT2D eigenvalue weighted by Crippen LogP contribution is -2.52. The summed E-state index contributed by atoms with van der Waals surface area (Å²) in [4.78, 5) is 36.6. The molecule has 0 aliphatic rings. The molecule has 0 unspecified atom stereocenters. The SMILES string of the molecule is COc1cc(O)cc(OC)c1C[C@H](NCc1ccc([N+](=O)[O-])cc1)C(=O)N[C@H](C)C(=O)NCCCc1ccccc1. The molecule has 3 rings (SSSR count). The topological polar surface area (TPSA) is 152 Å². The number of nitrogens with zero attached hydrogens (tertiary/aromatic N) is 1. The van der Waals surface area contributed by atoms with Crippen LogP contribution in [0.4, 0.5) is 5.69 Å². The van der Waals surface area contributed by atoms with Gasteiger partial charge < -0.3 is 30.5 Å². The number of amides is 2. The molecule has 11 heteroatoms. The van der Waals surface area contributed by atoms with Gasteiger partial charge in [-0.05, 0) is 30.9 Å². The first-order valence-electron chi connectivity index (χ1n) is 13.2. The van der Waals surface area contributed by atoms with Crippen molar-refractivity contribution in [1.82, 2.24) is 16.0 Å². The fourth-order valence-electron chi connectivity index (χ4n) is 4.29. The number of nitro groups is 1. The van der Waals surface area contributed by atoms with E-state index in [0.29, 0.717) is 23.6 Å². The van der Waals surface area contributed by atoms with E-state index in [1.54, 1.807) is 19.1 Å². The third-order valence-electron chi connectivity index (χ3n) is 6.55. The predicted molar refractivity (Wildman–Crippen MR) is 154 cm³/mol. The molecule has 3 aromatic rings. The van der Waals surface area contributed by atoms with Gasteiger partial charge in [-0.1, -0.05) is 42.5 Å². The number of methoxy groups -OCH3 is 2. The highest BCUT2D eigenvalue weighted by molar-refractivity contribution is 5.89. The van der Waals surface area contributed by atoms with Crippen LogP contribution in [0.15, 0.2) is 66.7 Å². The number of phenolic OH excluding ortho intramolecular Hbond substituents is 1. The molecule has 0 saturated carbocycles. The Labute approximate surface area is 239 Å². The van der Waals surface area contributed by atoms with Gasteiger partial charge in [0.25, 0.3) is 5.69 Å². The van der Waals surface area contributed by atoms with Crippen LogP contribution in [0.2, 0.25) is 0 Å². The van der Waals surface area contributed by atoms with Crippen molar-refractivity contribution in [2.24, 2.45) is 0 Å². The van der Waals surface area contributed by atoms with Gasteiger partial charge in [0.05, 0.1) is 25.2 Å². The zero-order valence-electron chi connectivity index (χ0n) is 23.4. The summed E-state index contributed by atoms with van der Waals surface area (Å²) in [6.45, 7) is 2.30. The normalized spacial score (nSPS) is 12.2. The number of nitrogens with one attached hydrogen (secondary N) is 3. The van der Waals surface area contributed by atoms with Crippen molar-refractivity contribution < 1.29 is 29.1 Å². The first-order valence-corrected chi connectivity index (χ1v) is 13.2. The van der Waals surface area contributed by atoms with E-state index >= 15 is 0 Å². The Morgan fingerprint density at radius 2 is 1.59 bits per heavy atom. The van der Waals surface area contributed by atoms with E-state index in [9.17, 15) is 24.8 Å². The number of aromatic hydroxyl groups is 1. The summed E-state index contributed by atoms with van der Waals surface area (Å²) in [5.74, 6) is -0.127. The number of nitro benzene ring substituents is 1. The van der Waals surface area contributed by atoms with Crippen LogP contribution >= 0.6 is 0 Å².